The lowest BCUT2D eigenvalue weighted by Crippen LogP contribution is -2.36. The van der Waals surface area contributed by atoms with Crippen LogP contribution in [0, 0.1) is 0 Å². The molecule has 0 unspecified atom stereocenters. The predicted octanol–water partition coefficient (Wildman–Crippen LogP) is 0.425. The molecule has 7 nitrogen and oxygen atoms in total. The van der Waals surface area contributed by atoms with Crippen LogP contribution in [0.5, 0.6) is 0 Å². The Kier molecular flexibility index (Phi) is 4.45. The predicted molar refractivity (Wildman–Crippen MR) is 77.9 cm³/mol. The lowest BCUT2D eigenvalue weighted by atomic mass is 10.3. The average Bonchev–Trinajstić information content (AvgIpc) is 2.37. The molecule has 1 aliphatic rings. The number of sulfonamides is 1. The van der Waals surface area contributed by atoms with Crippen LogP contribution in [0.25, 0.3) is 0 Å². The lowest BCUT2D eigenvalue weighted by Gasteiger charge is -2.28. The fourth-order valence-electron chi connectivity index (χ4n) is 1.64. The maximum Gasteiger partial charge on any atom is 0.239 e. The molecule has 0 radical (unpaired) electrons. The Labute approximate surface area is 126 Å². The Morgan fingerprint density at radius 1 is 1.60 bits per heavy atom. The van der Waals surface area contributed by atoms with Gasteiger partial charge in [0.2, 0.25) is 15.9 Å². The van der Waals surface area contributed by atoms with Crippen molar-refractivity contribution < 1.29 is 13.2 Å². The van der Waals surface area contributed by atoms with Gasteiger partial charge in [-0.05, 0) is 24.1 Å². The molecule has 10 heteroatoms. The summed E-state index contributed by atoms with van der Waals surface area (Å²) in [7, 11) is -2.33. The van der Waals surface area contributed by atoms with E-state index in [1.165, 1.54) is 24.1 Å². The quantitative estimate of drug-likeness (QED) is 0.691. The average molecular weight is 337 g/mol. The van der Waals surface area contributed by atoms with Crippen molar-refractivity contribution in [2.75, 3.05) is 25.6 Å². The van der Waals surface area contributed by atoms with Gasteiger partial charge < -0.3 is 10.6 Å². The molecule has 0 saturated heterocycles. The zero-order valence-corrected chi connectivity index (χ0v) is 12.9. The minimum atomic E-state index is -3.88. The first-order valence-corrected chi connectivity index (χ1v) is 8.24. The van der Waals surface area contributed by atoms with Crippen LogP contribution in [0.2, 0.25) is 5.02 Å². The number of halogens is 1. The van der Waals surface area contributed by atoms with Gasteiger partial charge in [0.1, 0.15) is 4.90 Å². The standard InChI is InChI=1S/C10H13ClN4O3S2/c1-13-10(16)4-15-5-14-7-2-6(11)9(20(12,17)18)3-8(7)19-15/h2-3,14H,4-5H2,1H3,(H,13,16)(H2,12,17,18). The fraction of sp³-hybridized carbons (Fsp3) is 0.300. The molecule has 110 valence electrons. The summed E-state index contributed by atoms with van der Waals surface area (Å²) in [6, 6.07) is 2.92. The summed E-state index contributed by atoms with van der Waals surface area (Å²) >= 11 is 7.17. The van der Waals surface area contributed by atoms with E-state index < -0.39 is 10.0 Å². The largest absolute Gasteiger partial charge is 0.370 e. The number of anilines is 1. The van der Waals surface area contributed by atoms with Crippen LogP contribution >= 0.6 is 23.5 Å². The van der Waals surface area contributed by atoms with Gasteiger partial charge in [0.25, 0.3) is 0 Å². The highest BCUT2D eigenvalue weighted by molar-refractivity contribution is 7.97. The highest BCUT2D eigenvalue weighted by atomic mass is 35.5. The highest BCUT2D eigenvalue weighted by Gasteiger charge is 2.23. The van der Waals surface area contributed by atoms with Gasteiger partial charge in [-0.15, -0.1) is 0 Å². The number of hydrogen-bond donors (Lipinski definition) is 3. The number of hydrogen-bond acceptors (Lipinski definition) is 6. The van der Waals surface area contributed by atoms with Crippen molar-refractivity contribution in [3.05, 3.63) is 17.2 Å². The third-order valence-electron chi connectivity index (χ3n) is 2.61. The molecule has 0 aromatic heterocycles. The van der Waals surface area contributed by atoms with Crippen LogP contribution in [0.3, 0.4) is 0 Å². The van der Waals surface area contributed by atoms with E-state index in [0.717, 1.165) is 0 Å². The van der Waals surface area contributed by atoms with Crippen LogP contribution in [-0.2, 0) is 14.8 Å². The van der Waals surface area contributed by atoms with Crippen molar-refractivity contribution in [3.8, 4) is 0 Å². The number of fused-ring (bicyclic) bond motifs is 1. The Morgan fingerprint density at radius 2 is 2.30 bits per heavy atom. The highest BCUT2D eigenvalue weighted by Crippen LogP contribution is 2.38. The van der Waals surface area contributed by atoms with Gasteiger partial charge >= 0.3 is 0 Å². The number of primary sulfonamides is 1. The maximum absolute atomic E-state index is 11.4. The number of carbonyl (C=O) groups excluding carboxylic acids is 1. The van der Waals surface area contributed by atoms with Crippen molar-refractivity contribution in [2.24, 2.45) is 5.14 Å². The zero-order chi connectivity index (χ0) is 14.9. The molecule has 1 aromatic rings. The Morgan fingerprint density at radius 3 is 2.90 bits per heavy atom. The third-order valence-corrected chi connectivity index (χ3v) is 5.04. The van der Waals surface area contributed by atoms with E-state index in [1.807, 2.05) is 0 Å². The van der Waals surface area contributed by atoms with E-state index in [9.17, 15) is 13.2 Å². The summed E-state index contributed by atoms with van der Waals surface area (Å²) in [4.78, 5) is 11.9. The van der Waals surface area contributed by atoms with Crippen LogP contribution in [0.4, 0.5) is 5.69 Å². The molecular formula is C10H13ClN4O3S2. The molecule has 0 spiro atoms. The second kappa shape index (κ2) is 5.78. The molecule has 1 amide bonds. The summed E-state index contributed by atoms with van der Waals surface area (Å²) in [5.74, 6) is -0.136. The van der Waals surface area contributed by atoms with Crippen molar-refractivity contribution >= 4 is 45.2 Å². The molecule has 0 saturated carbocycles. The number of amides is 1. The normalized spacial score (nSPS) is 15.3. The van der Waals surface area contributed by atoms with Crippen LogP contribution in [0.15, 0.2) is 21.9 Å². The van der Waals surface area contributed by atoms with Crippen LogP contribution < -0.4 is 15.8 Å². The number of nitrogens with zero attached hydrogens (tertiary/aromatic N) is 1. The smallest absolute Gasteiger partial charge is 0.239 e. The van der Waals surface area contributed by atoms with E-state index in [-0.39, 0.29) is 22.4 Å². The molecule has 1 aromatic carbocycles. The van der Waals surface area contributed by atoms with Gasteiger partial charge in [0, 0.05) is 11.9 Å². The van der Waals surface area contributed by atoms with E-state index >= 15 is 0 Å². The fourth-order valence-corrected chi connectivity index (χ4v) is 3.80. The molecule has 20 heavy (non-hydrogen) atoms. The summed E-state index contributed by atoms with van der Waals surface area (Å²) in [6.07, 6.45) is 0. The number of nitrogens with two attached hydrogens (primary N) is 1. The van der Waals surface area contributed by atoms with Gasteiger partial charge in [0.05, 0.1) is 23.9 Å². The van der Waals surface area contributed by atoms with Gasteiger partial charge in [-0.25, -0.2) is 17.9 Å². The van der Waals surface area contributed by atoms with E-state index in [1.54, 1.807) is 11.4 Å². The van der Waals surface area contributed by atoms with Gasteiger partial charge in [-0.3, -0.25) is 4.79 Å². The Bertz CT molecular complexity index is 650. The van der Waals surface area contributed by atoms with Gasteiger partial charge in [0.15, 0.2) is 0 Å². The lowest BCUT2D eigenvalue weighted by molar-refractivity contribution is -0.120. The first-order valence-electron chi connectivity index (χ1n) is 5.55. The van der Waals surface area contributed by atoms with E-state index in [0.29, 0.717) is 17.3 Å². The summed E-state index contributed by atoms with van der Waals surface area (Å²) in [5, 5.41) is 10.8. The molecule has 1 aliphatic heterocycles. The molecule has 0 bridgehead atoms. The molecule has 0 fully saturated rings. The van der Waals surface area contributed by atoms with E-state index in [2.05, 4.69) is 10.6 Å². The maximum atomic E-state index is 11.4. The number of nitrogens with one attached hydrogen (secondary N) is 2. The van der Waals surface area contributed by atoms with Gasteiger partial charge in [-0.1, -0.05) is 11.6 Å². The minimum absolute atomic E-state index is 0.0686. The summed E-state index contributed by atoms with van der Waals surface area (Å²) < 4.78 is 24.6. The summed E-state index contributed by atoms with van der Waals surface area (Å²) in [5.41, 5.74) is 0.709. The molecule has 2 rings (SSSR count). The minimum Gasteiger partial charge on any atom is -0.370 e. The van der Waals surface area contributed by atoms with Gasteiger partial charge in [-0.2, -0.15) is 0 Å². The Hall–Kier alpha value is -1.00. The molecular weight excluding hydrogens is 324 g/mol. The SMILES string of the molecule is CNC(=O)CN1CNc2cc(Cl)c(S(N)(=O)=O)cc2S1. The first kappa shape index (κ1) is 15.4. The number of rotatable bonds is 3. The van der Waals surface area contributed by atoms with Crippen LogP contribution in [-0.4, -0.2) is 38.9 Å². The number of likely N-dealkylation sites (N-methyl/N-ethyl adjacent to an activating group) is 1. The number of carbonyl (C=O) groups is 1. The van der Waals surface area contributed by atoms with E-state index in [4.69, 9.17) is 16.7 Å². The van der Waals surface area contributed by atoms with Crippen LogP contribution in [0.1, 0.15) is 0 Å². The zero-order valence-electron chi connectivity index (χ0n) is 10.5. The van der Waals surface area contributed by atoms with Crippen molar-refractivity contribution in [2.45, 2.75) is 9.79 Å². The first-order chi connectivity index (χ1) is 9.31. The summed E-state index contributed by atoms with van der Waals surface area (Å²) in [6.45, 7) is 0.622. The molecule has 1 heterocycles. The monoisotopic (exact) mass is 336 g/mol. The molecule has 4 N–H and O–H groups in total. The Balaban J connectivity index is 2.29. The van der Waals surface area contributed by atoms with Crippen molar-refractivity contribution in [1.82, 2.24) is 9.62 Å². The topological polar surface area (TPSA) is 105 Å². The second-order valence-corrected chi connectivity index (χ2v) is 7.14. The molecule has 0 aliphatic carbocycles. The second-order valence-electron chi connectivity index (χ2n) is 4.06. The number of benzene rings is 1. The van der Waals surface area contributed by atoms with Crippen molar-refractivity contribution in [1.29, 1.82) is 0 Å². The third kappa shape index (κ3) is 3.36. The van der Waals surface area contributed by atoms with Crippen molar-refractivity contribution in [3.63, 3.8) is 0 Å². The molecule has 0 atom stereocenters.